The van der Waals surface area contributed by atoms with Crippen molar-refractivity contribution in [2.24, 2.45) is 0 Å². The van der Waals surface area contributed by atoms with Gasteiger partial charge in [-0.15, -0.1) is 0 Å². The Hall–Kier alpha value is -2.01. The summed E-state index contributed by atoms with van der Waals surface area (Å²) in [5, 5.41) is 13.2. The zero-order valence-electron chi connectivity index (χ0n) is 11.6. The summed E-state index contributed by atoms with van der Waals surface area (Å²) in [6.45, 7) is 4.12. The summed E-state index contributed by atoms with van der Waals surface area (Å²) < 4.78 is 5.11. The summed E-state index contributed by atoms with van der Waals surface area (Å²) in [4.78, 5) is 8.45. The lowest BCUT2D eigenvalue weighted by atomic mass is 10.2. The van der Waals surface area contributed by atoms with Crippen molar-refractivity contribution in [1.82, 2.24) is 9.97 Å². The molecule has 20 heavy (non-hydrogen) atoms. The molecule has 0 aliphatic carbocycles. The number of aromatic hydroxyl groups is 1. The highest BCUT2D eigenvalue weighted by atomic mass is 35.5. The number of phenols is 1. The third-order valence-electron chi connectivity index (χ3n) is 2.78. The van der Waals surface area contributed by atoms with Crippen LogP contribution >= 0.6 is 11.6 Å². The summed E-state index contributed by atoms with van der Waals surface area (Å²) in [6.07, 6.45) is 0. The van der Waals surface area contributed by atoms with Gasteiger partial charge in [0.1, 0.15) is 28.2 Å². The van der Waals surface area contributed by atoms with Gasteiger partial charge in [0.05, 0.1) is 12.8 Å². The molecule has 2 aromatic rings. The van der Waals surface area contributed by atoms with Gasteiger partial charge in [-0.2, -0.15) is 0 Å². The first-order valence-electron chi connectivity index (χ1n) is 6.11. The lowest BCUT2D eigenvalue weighted by Crippen LogP contribution is -2.05. The van der Waals surface area contributed by atoms with Crippen LogP contribution in [0.4, 0.5) is 5.82 Å². The van der Waals surface area contributed by atoms with Crippen LogP contribution in [0.5, 0.6) is 11.5 Å². The number of ether oxygens (including phenoxy) is 1. The molecule has 106 valence electrons. The number of anilines is 1. The van der Waals surface area contributed by atoms with E-state index >= 15 is 0 Å². The normalized spacial score (nSPS) is 10.4. The van der Waals surface area contributed by atoms with E-state index in [1.54, 1.807) is 19.2 Å². The van der Waals surface area contributed by atoms with Crippen LogP contribution in [-0.2, 0) is 6.54 Å². The summed E-state index contributed by atoms with van der Waals surface area (Å²) >= 11 is 6.16. The molecule has 2 N–H and O–H groups in total. The molecule has 1 heterocycles. The second-order valence-electron chi connectivity index (χ2n) is 4.41. The minimum atomic E-state index is 0.155. The van der Waals surface area contributed by atoms with E-state index in [0.717, 1.165) is 11.3 Å². The Morgan fingerprint density at radius 1 is 1.25 bits per heavy atom. The van der Waals surface area contributed by atoms with Gasteiger partial charge < -0.3 is 15.2 Å². The fourth-order valence-electron chi connectivity index (χ4n) is 1.87. The Morgan fingerprint density at radius 3 is 2.70 bits per heavy atom. The smallest absolute Gasteiger partial charge is 0.149 e. The molecular weight excluding hydrogens is 278 g/mol. The molecule has 6 heteroatoms. The molecule has 0 saturated carbocycles. The largest absolute Gasteiger partial charge is 0.508 e. The number of hydrogen-bond donors (Lipinski definition) is 2. The van der Waals surface area contributed by atoms with E-state index < -0.39 is 0 Å². The fraction of sp³-hybridized carbons (Fsp3) is 0.286. The van der Waals surface area contributed by atoms with Crippen LogP contribution in [0, 0.1) is 13.8 Å². The summed E-state index contributed by atoms with van der Waals surface area (Å²) in [5.41, 5.74) is 1.60. The van der Waals surface area contributed by atoms with E-state index in [1.165, 1.54) is 0 Å². The Bertz CT molecular complexity index is 632. The maximum absolute atomic E-state index is 9.61. The van der Waals surface area contributed by atoms with Gasteiger partial charge in [-0.3, -0.25) is 0 Å². The highest BCUT2D eigenvalue weighted by Gasteiger charge is 2.08. The SMILES string of the molecule is COc1cc(O)cc(CNc2nc(C)nc(C)c2Cl)c1. The molecule has 0 unspecified atom stereocenters. The van der Waals surface area contributed by atoms with Gasteiger partial charge in [0, 0.05) is 12.6 Å². The summed E-state index contributed by atoms with van der Waals surface area (Å²) in [5.74, 6) is 1.99. The molecule has 1 aromatic carbocycles. The first-order chi connectivity index (χ1) is 9.49. The van der Waals surface area contributed by atoms with E-state index in [-0.39, 0.29) is 5.75 Å². The average Bonchev–Trinajstić information content (AvgIpc) is 2.40. The molecule has 0 bridgehead atoms. The maximum atomic E-state index is 9.61. The number of nitrogens with one attached hydrogen (secondary N) is 1. The summed E-state index contributed by atoms with van der Waals surface area (Å²) in [6, 6.07) is 5.04. The van der Waals surface area contributed by atoms with E-state index in [1.807, 2.05) is 19.9 Å². The minimum Gasteiger partial charge on any atom is -0.508 e. The van der Waals surface area contributed by atoms with Crippen molar-refractivity contribution in [3.63, 3.8) is 0 Å². The molecule has 0 fully saturated rings. The van der Waals surface area contributed by atoms with E-state index in [9.17, 15) is 5.11 Å². The van der Waals surface area contributed by atoms with E-state index in [4.69, 9.17) is 16.3 Å². The Morgan fingerprint density at radius 2 is 2.00 bits per heavy atom. The van der Waals surface area contributed by atoms with Crippen LogP contribution in [-0.4, -0.2) is 22.2 Å². The van der Waals surface area contributed by atoms with Gasteiger partial charge in [-0.1, -0.05) is 11.6 Å². The molecule has 0 aliphatic heterocycles. The second kappa shape index (κ2) is 5.96. The predicted molar refractivity (Wildman–Crippen MR) is 78.5 cm³/mol. The minimum absolute atomic E-state index is 0.155. The number of phenolic OH excluding ortho intramolecular Hbond substituents is 1. The zero-order chi connectivity index (χ0) is 14.7. The van der Waals surface area contributed by atoms with Crippen LogP contribution in [0.2, 0.25) is 5.02 Å². The van der Waals surface area contributed by atoms with E-state index in [0.29, 0.717) is 29.0 Å². The lowest BCUT2D eigenvalue weighted by molar-refractivity contribution is 0.407. The first kappa shape index (κ1) is 14.4. The molecule has 0 aliphatic rings. The first-order valence-corrected chi connectivity index (χ1v) is 6.49. The fourth-order valence-corrected chi connectivity index (χ4v) is 2.02. The predicted octanol–water partition coefficient (Wildman–Crippen LogP) is 3.07. The molecule has 0 amide bonds. The highest BCUT2D eigenvalue weighted by Crippen LogP contribution is 2.25. The van der Waals surface area contributed by atoms with Crippen molar-refractivity contribution in [2.75, 3.05) is 12.4 Å². The number of methoxy groups -OCH3 is 1. The molecule has 0 radical (unpaired) electrons. The van der Waals surface area contributed by atoms with Crippen LogP contribution in [0.1, 0.15) is 17.1 Å². The van der Waals surface area contributed by atoms with Crippen LogP contribution in [0.15, 0.2) is 18.2 Å². The number of halogens is 1. The van der Waals surface area contributed by atoms with Gasteiger partial charge in [-0.25, -0.2) is 9.97 Å². The quantitative estimate of drug-likeness (QED) is 0.907. The third kappa shape index (κ3) is 3.30. The number of benzene rings is 1. The number of rotatable bonds is 4. The number of aryl methyl sites for hydroxylation is 2. The standard InChI is InChI=1S/C14H16ClN3O2/c1-8-13(15)14(18-9(2)17-8)16-7-10-4-11(19)6-12(5-10)20-3/h4-6,19H,7H2,1-3H3,(H,16,17,18). The summed E-state index contributed by atoms with van der Waals surface area (Å²) in [7, 11) is 1.56. The van der Waals surface area contributed by atoms with Crippen molar-refractivity contribution in [3.8, 4) is 11.5 Å². The molecule has 0 saturated heterocycles. The maximum Gasteiger partial charge on any atom is 0.149 e. The molecule has 0 spiro atoms. The van der Waals surface area contributed by atoms with Crippen LogP contribution in [0.25, 0.3) is 0 Å². The van der Waals surface area contributed by atoms with Gasteiger partial charge in [0.25, 0.3) is 0 Å². The lowest BCUT2D eigenvalue weighted by Gasteiger charge is -2.11. The van der Waals surface area contributed by atoms with Crippen molar-refractivity contribution in [3.05, 3.63) is 40.3 Å². The number of nitrogens with zero attached hydrogens (tertiary/aromatic N) is 2. The molecular formula is C14H16ClN3O2. The van der Waals surface area contributed by atoms with Crippen molar-refractivity contribution in [1.29, 1.82) is 0 Å². The molecule has 1 aromatic heterocycles. The topological polar surface area (TPSA) is 67.3 Å². The Balaban J connectivity index is 2.19. The second-order valence-corrected chi connectivity index (χ2v) is 4.79. The van der Waals surface area contributed by atoms with Crippen LogP contribution < -0.4 is 10.1 Å². The molecule has 2 rings (SSSR count). The van der Waals surface area contributed by atoms with Gasteiger partial charge in [-0.05, 0) is 31.5 Å². The number of aromatic nitrogens is 2. The third-order valence-corrected chi connectivity index (χ3v) is 3.23. The highest BCUT2D eigenvalue weighted by molar-refractivity contribution is 6.33. The van der Waals surface area contributed by atoms with Gasteiger partial charge >= 0.3 is 0 Å². The molecule has 5 nitrogen and oxygen atoms in total. The number of hydrogen-bond acceptors (Lipinski definition) is 5. The van der Waals surface area contributed by atoms with E-state index in [2.05, 4.69) is 15.3 Å². The average molecular weight is 294 g/mol. The van der Waals surface area contributed by atoms with Crippen molar-refractivity contribution >= 4 is 17.4 Å². The van der Waals surface area contributed by atoms with Crippen LogP contribution in [0.3, 0.4) is 0 Å². The van der Waals surface area contributed by atoms with Crippen molar-refractivity contribution in [2.45, 2.75) is 20.4 Å². The zero-order valence-corrected chi connectivity index (χ0v) is 12.3. The molecule has 0 atom stereocenters. The van der Waals surface area contributed by atoms with Gasteiger partial charge in [0.15, 0.2) is 0 Å². The monoisotopic (exact) mass is 293 g/mol. The van der Waals surface area contributed by atoms with Gasteiger partial charge in [0.2, 0.25) is 0 Å². The Labute approximate surface area is 122 Å². The van der Waals surface area contributed by atoms with Crippen molar-refractivity contribution < 1.29 is 9.84 Å². The Kier molecular flexibility index (Phi) is 4.29.